The summed E-state index contributed by atoms with van der Waals surface area (Å²) in [5.74, 6) is 1.80. The summed E-state index contributed by atoms with van der Waals surface area (Å²) < 4.78 is 9.67. The number of guanidine groups is 1. The summed E-state index contributed by atoms with van der Waals surface area (Å²) in [7, 11) is 1.41. The van der Waals surface area contributed by atoms with E-state index in [1.54, 1.807) is 11.8 Å². The molecule has 0 atom stereocenters. The molecule has 2 N–H and O–H groups in total. The number of ether oxygens (including phenoxy) is 1. The molecule has 0 aliphatic carbocycles. The molecule has 1 aliphatic rings. The highest BCUT2D eigenvalue weighted by molar-refractivity contribution is 5.80. The van der Waals surface area contributed by atoms with E-state index in [2.05, 4.69) is 25.8 Å². The number of aromatic nitrogens is 2. The van der Waals surface area contributed by atoms with Crippen LogP contribution in [0.1, 0.15) is 31.5 Å². The number of hydrogen-bond donors (Lipinski definition) is 2. The fraction of sp³-hybridized carbons (Fsp3) is 0.714. The van der Waals surface area contributed by atoms with Gasteiger partial charge in [-0.1, -0.05) is 5.16 Å². The lowest BCUT2D eigenvalue weighted by Gasteiger charge is -2.32. The summed E-state index contributed by atoms with van der Waals surface area (Å²) in [5.41, 5.74) is 0. The lowest BCUT2D eigenvalue weighted by Crippen LogP contribution is -2.49. The molecule has 2 heterocycles. The number of carbonyl (C=O) groups is 1. The fourth-order valence-electron chi connectivity index (χ4n) is 2.40. The third-order valence-electron chi connectivity index (χ3n) is 3.56. The molecule has 1 aromatic rings. The normalized spacial score (nSPS) is 16.3. The number of rotatable bonds is 4. The Hall–Kier alpha value is -2.32. The molecule has 1 aromatic heterocycles. The lowest BCUT2D eigenvalue weighted by atomic mass is 10.1. The van der Waals surface area contributed by atoms with Gasteiger partial charge < -0.3 is 24.8 Å². The molecule has 0 bridgehead atoms. The lowest BCUT2D eigenvalue weighted by molar-refractivity contribution is 0.111. The first-order chi connectivity index (χ1) is 11.1. The molecular weight excluding hydrogens is 300 g/mol. The average molecular weight is 324 g/mol. The standard InChI is InChI=1S/C14H24N6O3/c1-4-15-13(16-9-12-17-10(2)23-19-12)18-11-5-7-20(8-6-11)14(21)22-3/h11H,4-9H2,1-3H3,(H2,15,16,18). The van der Waals surface area contributed by atoms with Crippen molar-refractivity contribution in [3.8, 4) is 0 Å². The number of hydrogen-bond acceptors (Lipinski definition) is 6. The summed E-state index contributed by atoms with van der Waals surface area (Å²) in [6.45, 7) is 6.22. The van der Waals surface area contributed by atoms with Gasteiger partial charge in [0.15, 0.2) is 11.8 Å². The largest absolute Gasteiger partial charge is 0.453 e. The zero-order valence-electron chi connectivity index (χ0n) is 13.8. The Balaban J connectivity index is 1.86. The van der Waals surface area contributed by atoms with E-state index in [0.717, 1.165) is 19.4 Å². The highest BCUT2D eigenvalue weighted by atomic mass is 16.5. The minimum Gasteiger partial charge on any atom is -0.453 e. The fourth-order valence-corrected chi connectivity index (χ4v) is 2.40. The average Bonchev–Trinajstić information content (AvgIpc) is 2.98. The van der Waals surface area contributed by atoms with Crippen LogP contribution in [-0.4, -0.2) is 59.9 Å². The third kappa shape index (κ3) is 5.11. The van der Waals surface area contributed by atoms with E-state index >= 15 is 0 Å². The molecule has 1 aliphatic heterocycles. The van der Waals surface area contributed by atoms with Crippen molar-refractivity contribution >= 4 is 12.1 Å². The summed E-state index contributed by atoms with van der Waals surface area (Å²) >= 11 is 0. The first-order valence-electron chi connectivity index (χ1n) is 7.79. The highest BCUT2D eigenvalue weighted by Crippen LogP contribution is 2.11. The van der Waals surface area contributed by atoms with E-state index in [9.17, 15) is 4.79 Å². The Morgan fingerprint density at radius 3 is 2.78 bits per heavy atom. The summed E-state index contributed by atoms with van der Waals surface area (Å²) in [6.07, 6.45) is 1.43. The first-order valence-corrected chi connectivity index (χ1v) is 7.79. The zero-order chi connectivity index (χ0) is 16.7. The number of aliphatic imine (C=N–C) groups is 1. The summed E-state index contributed by atoms with van der Waals surface area (Å²) in [4.78, 5) is 21.8. The molecule has 1 saturated heterocycles. The zero-order valence-corrected chi connectivity index (χ0v) is 13.8. The van der Waals surface area contributed by atoms with Crippen LogP contribution in [0.25, 0.3) is 0 Å². The molecule has 2 rings (SSSR count). The van der Waals surface area contributed by atoms with Gasteiger partial charge in [0, 0.05) is 32.6 Å². The maximum Gasteiger partial charge on any atom is 0.409 e. The van der Waals surface area contributed by atoms with Crippen LogP contribution in [0.5, 0.6) is 0 Å². The van der Waals surface area contributed by atoms with Crippen LogP contribution in [0.15, 0.2) is 9.52 Å². The van der Waals surface area contributed by atoms with E-state index in [1.165, 1.54) is 7.11 Å². The Kier molecular flexibility index (Phi) is 6.19. The van der Waals surface area contributed by atoms with Crippen LogP contribution >= 0.6 is 0 Å². The molecule has 9 heteroatoms. The number of likely N-dealkylation sites (tertiary alicyclic amines) is 1. The minimum absolute atomic E-state index is 0.265. The van der Waals surface area contributed by atoms with Crippen molar-refractivity contribution in [3.05, 3.63) is 11.7 Å². The molecular formula is C14H24N6O3. The van der Waals surface area contributed by atoms with Crippen LogP contribution in [0.2, 0.25) is 0 Å². The van der Waals surface area contributed by atoms with Crippen molar-refractivity contribution in [3.63, 3.8) is 0 Å². The maximum atomic E-state index is 11.5. The molecule has 0 aromatic carbocycles. The molecule has 0 saturated carbocycles. The van der Waals surface area contributed by atoms with Crippen LogP contribution in [-0.2, 0) is 11.3 Å². The van der Waals surface area contributed by atoms with Crippen molar-refractivity contribution < 1.29 is 14.1 Å². The second-order valence-electron chi connectivity index (χ2n) is 5.30. The van der Waals surface area contributed by atoms with E-state index in [0.29, 0.717) is 37.3 Å². The summed E-state index contributed by atoms with van der Waals surface area (Å²) in [6, 6.07) is 0.265. The molecule has 0 spiro atoms. The number of carbonyl (C=O) groups excluding carboxylic acids is 1. The van der Waals surface area contributed by atoms with Gasteiger partial charge in [0.2, 0.25) is 5.89 Å². The molecule has 23 heavy (non-hydrogen) atoms. The minimum atomic E-state index is -0.267. The van der Waals surface area contributed by atoms with Crippen molar-refractivity contribution in [2.75, 3.05) is 26.7 Å². The molecule has 0 unspecified atom stereocenters. The Morgan fingerprint density at radius 1 is 1.48 bits per heavy atom. The van der Waals surface area contributed by atoms with Gasteiger partial charge in [0.05, 0.1) is 7.11 Å². The Morgan fingerprint density at radius 2 is 2.22 bits per heavy atom. The quantitative estimate of drug-likeness (QED) is 0.619. The second kappa shape index (κ2) is 8.35. The van der Waals surface area contributed by atoms with Gasteiger partial charge in [-0.3, -0.25) is 0 Å². The van der Waals surface area contributed by atoms with E-state index in [1.807, 2.05) is 6.92 Å². The maximum absolute atomic E-state index is 11.5. The number of methoxy groups -OCH3 is 1. The van der Waals surface area contributed by atoms with Crippen molar-refractivity contribution in [1.29, 1.82) is 0 Å². The van der Waals surface area contributed by atoms with E-state index < -0.39 is 0 Å². The second-order valence-corrected chi connectivity index (χ2v) is 5.30. The number of piperidine rings is 1. The monoisotopic (exact) mass is 324 g/mol. The molecule has 9 nitrogen and oxygen atoms in total. The van der Waals surface area contributed by atoms with Gasteiger partial charge in [-0.05, 0) is 19.8 Å². The van der Waals surface area contributed by atoms with Crippen molar-refractivity contribution in [1.82, 2.24) is 25.7 Å². The van der Waals surface area contributed by atoms with Gasteiger partial charge in [-0.15, -0.1) is 0 Å². The van der Waals surface area contributed by atoms with Gasteiger partial charge in [-0.2, -0.15) is 4.98 Å². The molecule has 128 valence electrons. The van der Waals surface area contributed by atoms with Crippen LogP contribution in [0.4, 0.5) is 4.79 Å². The smallest absolute Gasteiger partial charge is 0.409 e. The third-order valence-corrected chi connectivity index (χ3v) is 3.56. The van der Waals surface area contributed by atoms with Gasteiger partial charge in [-0.25, -0.2) is 9.79 Å². The van der Waals surface area contributed by atoms with Gasteiger partial charge >= 0.3 is 6.09 Å². The van der Waals surface area contributed by atoms with E-state index in [-0.39, 0.29) is 12.1 Å². The number of nitrogens with one attached hydrogen (secondary N) is 2. The van der Waals surface area contributed by atoms with E-state index in [4.69, 9.17) is 9.26 Å². The number of amides is 1. The van der Waals surface area contributed by atoms with Crippen molar-refractivity contribution in [2.24, 2.45) is 4.99 Å². The van der Waals surface area contributed by atoms with Crippen LogP contribution < -0.4 is 10.6 Å². The van der Waals surface area contributed by atoms with Crippen LogP contribution in [0.3, 0.4) is 0 Å². The first kappa shape index (κ1) is 17.0. The SMILES string of the molecule is CCNC(=NCc1noc(C)n1)NC1CCN(C(=O)OC)CC1. The Bertz CT molecular complexity index is 536. The predicted molar refractivity (Wildman–Crippen MR) is 84.0 cm³/mol. The van der Waals surface area contributed by atoms with Crippen molar-refractivity contribution in [2.45, 2.75) is 39.3 Å². The molecule has 0 radical (unpaired) electrons. The van der Waals surface area contributed by atoms with Crippen LogP contribution in [0, 0.1) is 6.92 Å². The number of aryl methyl sites for hydroxylation is 1. The Labute approximate surface area is 135 Å². The molecule has 1 amide bonds. The molecule has 1 fully saturated rings. The van der Waals surface area contributed by atoms with Gasteiger partial charge in [0.1, 0.15) is 6.54 Å². The highest BCUT2D eigenvalue weighted by Gasteiger charge is 2.23. The topological polar surface area (TPSA) is 105 Å². The number of nitrogens with zero attached hydrogens (tertiary/aromatic N) is 4. The summed E-state index contributed by atoms with van der Waals surface area (Å²) in [5, 5.41) is 10.4. The van der Waals surface area contributed by atoms with Gasteiger partial charge in [0.25, 0.3) is 0 Å². The predicted octanol–water partition coefficient (Wildman–Crippen LogP) is 0.664.